The predicted octanol–water partition coefficient (Wildman–Crippen LogP) is 5.70. The number of amides is 1. The molecule has 47 heavy (non-hydrogen) atoms. The van der Waals surface area contributed by atoms with Gasteiger partial charge in [0.2, 0.25) is 11.9 Å². The summed E-state index contributed by atoms with van der Waals surface area (Å²) in [5, 5.41) is 3.19. The third-order valence-electron chi connectivity index (χ3n) is 9.46. The highest BCUT2D eigenvalue weighted by Crippen LogP contribution is 2.58. The van der Waals surface area contributed by atoms with Crippen LogP contribution in [0.25, 0.3) is 22.3 Å². The number of halogens is 6. The molecule has 0 bridgehead atoms. The van der Waals surface area contributed by atoms with Gasteiger partial charge in [0.05, 0.1) is 22.6 Å². The molecule has 5 heterocycles. The van der Waals surface area contributed by atoms with Crippen molar-refractivity contribution in [3.8, 4) is 11.3 Å². The summed E-state index contributed by atoms with van der Waals surface area (Å²) < 4.78 is 79.1. The van der Waals surface area contributed by atoms with E-state index in [1.807, 2.05) is 37.3 Å². The molecule has 0 spiro atoms. The van der Waals surface area contributed by atoms with Crippen LogP contribution in [0.4, 0.5) is 43.9 Å². The molecule has 1 aliphatic carbocycles. The lowest BCUT2D eigenvalue weighted by molar-refractivity contribution is -0.199. The number of carbonyl (C=O) groups excluding carboxylic acids is 1. The van der Waals surface area contributed by atoms with Gasteiger partial charge in [0, 0.05) is 63.1 Å². The minimum atomic E-state index is -4.51. The van der Waals surface area contributed by atoms with Gasteiger partial charge in [-0.1, -0.05) is 6.07 Å². The molecule has 3 fully saturated rings. The van der Waals surface area contributed by atoms with Crippen molar-refractivity contribution in [1.29, 1.82) is 0 Å². The number of aromatic amines is 1. The van der Waals surface area contributed by atoms with Crippen LogP contribution in [-0.4, -0.2) is 92.2 Å². The van der Waals surface area contributed by atoms with E-state index in [9.17, 15) is 31.1 Å². The summed E-state index contributed by atoms with van der Waals surface area (Å²) in [4.78, 5) is 38.4. The number of hydrogen-bond donors (Lipinski definition) is 2. The number of alkyl halides is 6. The van der Waals surface area contributed by atoms with Gasteiger partial charge in [-0.2, -0.15) is 26.3 Å². The van der Waals surface area contributed by atoms with E-state index in [0.29, 0.717) is 47.4 Å². The zero-order chi connectivity index (χ0) is 33.1. The molecule has 2 N–H and O–H groups in total. The fourth-order valence-electron chi connectivity index (χ4n) is 6.24. The van der Waals surface area contributed by atoms with E-state index in [4.69, 9.17) is 0 Å². The van der Waals surface area contributed by atoms with Crippen LogP contribution in [0.1, 0.15) is 31.4 Å². The molecule has 2 saturated heterocycles. The third kappa shape index (κ3) is 5.94. The number of rotatable bonds is 7. The molecule has 4 aromatic rings. The van der Waals surface area contributed by atoms with Gasteiger partial charge in [0.25, 0.3) is 0 Å². The minimum absolute atomic E-state index is 0.0695. The van der Waals surface area contributed by atoms with Crippen LogP contribution in [0.5, 0.6) is 0 Å². The second kappa shape index (κ2) is 11.3. The molecule has 0 radical (unpaired) electrons. The van der Waals surface area contributed by atoms with Crippen LogP contribution in [0.3, 0.4) is 0 Å². The van der Waals surface area contributed by atoms with E-state index in [2.05, 4.69) is 35.1 Å². The molecule has 3 aliphatic rings. The number of piperazine rings is 1. The standard InChI is InChI=1S/C31H31F6N9O/c1-18(44-8-10-45(11-9-44)27(47)29(5-6-29)31(35,36)37)19-4-7-38-25(13-19)43-28-41-22-3-2-20(12-24(22)42-28)23-14-26(40-17-39-23)46-15-21(16-46)30(32,33)34/h2-4,7,12-14,17-18,21H,5-6,8-11,15-16H2,1H3,(H2,38,41,42,43). The zero-order valence-corrected chi connectivity index (χ0v) is 25.2. The smallest absolute Gasteiger partial charge is 0.355 e. The van der Waals surface area contributed by atoms with Crippen molar-refractivity contribution >= 4 is 34.5 Å². The molecule has 3 aromatic heterocycles. The summed E-state index contributed by atoms with van der Waals surface area (Å²) in [5.41, 5.74) is 1.45. The first-order valence-corrected chi connectivity index (χ1v) is 15.3. The van der Waals surface area contributed by atoms with E-state index < -0.39 is 29.6 Å². The molecule has 2 aliphatic heterocycles. The normalized spacial score (nSPS) is 19.5. The summed E-state index contributed by atoms with van der Waals surface area (Å²) in [6.07, 6.45) is -6.00. The Morgan fingerprint density at radius 2 is 1.72 bits per heavy atom. The number of nitrogens with zero attached hydrogens (tertiary/aromatic N) is 7. The average Bonchev–Trinajstić information content (AvgIpc) is 3.74. The highest BCUT2D eigenvalue weighted by atomic mass is 19.4. The lowest BCUT2D eigenvalue weighted by Gasteiger charge is -2.40. The first-order valence-electron chi connectivity index (χ1n) is 15.3. The van der Waals surface area contributed by atoms with Gasteiger partial charge >= 0.3 is 12.4 Å². The van der Waals surface area contributed by atoms with E-state index >= 15 is 0 Å². The van der Waals surface area contributed by atoms with E-state index in [0.717, 1.165) is 11.1 Å². The number of carbonyl (C=O) groups is 1. The van der Waals surface area contributed by atoms with Crippen molar-refractivity contribution in [1.82, 2.24) is 34.7 Å². The highest BCUT2D eigenvalue weighted by Gasteiger charge is 2.69. The van der Waals surface area contributed by atoms with Crippen LogP contribution in [0.15, 0.2) is 48.9 Å². The Labute approximate surface area is 265 Å². The number of hydrogen-bond acceptors (Lipinski definition) is 8. The first kappa shape index (κ1) is 31.1. The first-order chi connectivity index (χ1) is 22.3. The van der Waals surface area contributed by atoms with Crippen molar-refractivity contribution in [3.05, 3.63) is 54.5 Å². The number of H-pyrrole nitrogens is 1. The fraction of sp³-hybridized carbons (Fsp3) is 0.452. The Morgan fingerprint density at radius 1 is 0.979 bits per heavy atom. The summed E-state index contributed by atoms with van der Waals surface area (Å²) in [6.45, 7) is 3.14. The Morgan fingerprint density at radius 3 is 2.40 bits per heavy atom. The SMILES string of the molecule is CC(c1ccnc(Nc2nc3ccc(-c4cc(N5CC(C(F)(F)F)C5)ncn4)cc3[nH]2)c1)N1CCN(C(=O)C2(C(F)(F)F)CC2)CC1. The van der Waals surface area contributed by atoms with Gasteiger partial charge in [-0.3, -0.25) is 9.69 Å². The largest absolute Gasteiger partial charge is 0.403 e. The maximum atomic E-state index is 13.4. The lowest BCUT2D eigenvalue weighted by atomic mass is 9.99. The number of pyridine rings is 1. The number of nitrogens with one attached hydrogen (secondary N) is 2. The van der Waals surface area contributed by atoms with Crippen LogP contribution in [0, 0.1) is 11.3 Å². The molecule has 16 heteroatoms. The zero-order valence-electron chi connectivity index (χ0n) is 25.2. The molecule has 1 aromatic carbocycles. The molecular formula is C31H31F6N9O. The quantitative estimate of drug-likeness (QED) is 0.244. The third-order valence-corrected chi connectivity index (χ3v) is 9.46. The topological polar surface area (TPSA) is 106 Å². The Kier molecular flexibility index (Phi) is 7.52. The molecule has 7 rings (SSSR count). The minimum Gasteiger partial charge on any atom is -0.355 e. The number of fused-ring (bicyclic) bond motifs is 1. The fourth-order valence-corrected chi connectivity index (χ4v) is 6.24. The second-order valence-electron chi connectivity index (χ2n) is 12.4. The van der Waals surface area contributed by atoms with Gasteiger partial charge < -0.3 is 20.1 Å². The van der Waals surface area contributed by atoms with Crippen molar-refractivity contribution in [3.63, 3.8) is 0 Å². The van der Waals surface area contributed by atoms with Crippen molar-refractivity contribution in [2.24, 2.45) is 11.3 Å². The molecule has 1 atom stereocenters. The highest BCUT2D eigenvalue weighted by molar-refractivity contribution is 5.86. The summed E-state index contributed by atoms with van der Waals surface area (Å²) >= 11 is 0. The van der Waals surface area contributed by atoms with Gasteiger partial charge in [-0.15, -0.1) is 0 Å². The van der Waals surface area contributed by atoms with Crippen molar-refractivity contribution in [2.75, 3.05) is 49.5 Å². The van der Waals surface area contributed by atoms with E-state index in [1.54, 1.807) is 17.2 Å². The number of benzene rings is 1. The maximum Gasteiger partial charge on any atom is 0.403 e. The van der Waals surface area contributed by atoms with Crippen LogP contribution in [0.2, 0.25) is 0 Å². The van der Waals surface area contributed by atoms with Crippen molar-refractivity contribution < 1.29 is 31.1 Å². The van der Waals surface area contributed by atoms with Gasteiger partial charge in [0.1, 0.15) is 23.4 Å². The summed E-state index contributed by atoms with van der Waals surface area (Å²) in [7, 11) is 0. The van der Waals surface area contributed by atoms with Crippen molar-refractivity contribution in [2.45, 2.75) is 38.2 Å². The molecule has 10 nitrogen and oxygen atoms in total. The van der Waals surface area contributed by atoms with Crippen LogP contribution < -0.4 is 10.2 Å². The summed E-state index contributed by atoms with van der Waals surface area (Å²) in [5.74, 6) is -0.741. The molecular weight excluding hydrogens is 628 g/mol. The second-order valence-corrected chi connectivity index (χ2v) is 12.4. The average molecular weight is 660 g/mol. The molecule has 1 unspecified atom stereocenters. The van der Waals surface area contributed by atoms with Crippen LogP contribution in [-0.2, 0) is 4.79 Å². The molecule has 248 valence electrons. The lowest BCUT2D eigenvalue weighted by Crippen LogP contribution is -2.53. The van der Waals surface area contributed by atoms with Crippen LogP contribution >= 0.6 is 0 Å². The van der Waals surface area contributed by atoms with E-state index in [-0.39, 0.29) is 45.1 Å². The van der Waals surface area contributed by atoms with Gasteiger partial charge in [0.15, 0.2) is 0 Å². The Balaban J connectivity index is 0.992. The molecule has 1 amide bonds. The Hall–Kier alpha value is -4.47. The van der Waals surface area contributed by atoms with Gasteiger partial charge in [-0.05, 0) is 49.6 Å². The van der Waals surface area contributed by atoms with Gasteiger partial charge in [-0.25, -0.2) is 19.9 Å². The maximum absolute atomic E-state index is 13.4. The number of imidazole rings is 1. The monoisotopic (exact) mass is 659 g/mol. The predicted molar refractivity (Wildman–Crippen MR) is 161 cm³/mol. The number of anilines is 3. The Bertz CT molecular complexity index is 1790. The van der Waals surface area contributed by atoms with E-state index in [1.165, 1.54) is 11.2 Å². The molecule has 1 saturated carbocycles. The number of aromatic nitrogens is 5. The summed E-state index contributed by atoms with van der Waals surface area (Å²) in [6, 6.07) is 10.8.